The van der Waals surface area contributed by atoms with Crippen molar-refractivity contribution in [2.45, 2.75) is 51.2 Å². The van der Waals surface area contributed by atoms with Gasteiger partial charge < -0.3 is 24.4 Å². The molecule has 1 atom stereocenters. The van der Waals surface area contributed by atoms with E-state index in [0.29, 0.717) is 11.5 Å². The Kier molecular flexibility index (Phi) is 9.84. The number of amides is 2. The monoisotopic (exact) mass is 547 g/mol. The van der Waals surface area contributed by atoms with Crippen LogP contribution in [0.3, 0.4) is 0 Å². The molecule has 1 unspecified atom stereocenters. The van der Waals surface area contributed by atoms with Crippen LogP contribution in [0.25, 0.3) is 0 Å². The van der Waals surface area contributed by atoms with Crippen molar-refractivity contribution in [3.8, 4) is 17.2 Å². The molecule has 2 aromatic rings. The molecule has 11 heteroatoms. The third-order valence-corrected chi connectivity index (χ3v) is 7.82. The molecule has 2 aromatic carbocycles. The van der Waals surface area contributed by atoms with Gasteiger partial charge in [0.25, 0.3) is 0 Å². The number of nitrogens with zero attached hydrogens (tertiary/aromatic N) is 2. The van der Waals surface area contributed by atoms with Crippen LogP contribution in [0.5, 0.6) is 17.2 Å². The molecule has 1 aliphatic rings. The molecule has 1 fully saturated rings. The van der Waals surface area contributed by atoms with Crippen LogP contribution in [0.15, 0.2) is 42.5 Å². The first-order valence-electron chi connectivity index (χ1n) is 12.5. The fourth-order valence-electron chi connectivity index (χ4n) is 4.53. The van der Waals surface area contributed by atoms with E-state index in [1.54, 1.807) is 44.4 Å². The summed E-state index contributed by atoms with van der Waals surface area (Å²) in [6.45, 7) is 1.20. The molecule has 0 spiro atoms. The van der Waals surface area contributed by atoms with Crippen molar-refractivity contribution < 1.29 is 32.2 Å². The maximum atomic E-state index is 13.8. The molecule has 0 bridgehead atoms. The van der Waals surface area contributed by atoms with Gasteiger partial charge in [0.15, 0.2) is 0 Å². The molecule has 208 valence electrons. The molecular formula is C27H37N3O7S. The van der Waals surface area contributed by atoms with Crippen molar-refractivity contribution >= 4 is 27.5 Å². The number of ether oxygens (including phenoxy) is 3. The lowest BCUT2D eigenvalue weighted by molar-refractivity contribution is -0.139. The average Bonchev–Trinajstić information content (AvgIpc) is 3.41. The zero-order valence-corrected chi connectivity index (χ0v) is 23.4. The van der Waals surface area contributed by atoms with Crippen LogP contribution in [-0.4, -0.2) is 71.3 Å². The Labute approximate surface area is 224 Å². The zero-order valence-electron chi connectivity index (χ0n) is 22.6. The van der Waals surface area contributed by atoms with Gasteiger partial charge in [-0.1, -0.05) is 25.0 Å². The number of carbonyl (C=O) groups is 2. The maximum Gasteiger partial charge on any atom is 0.244 e. The highest BCUT2D eigenvalue weighted by Gasteiger charge is 2.32. The van der Waals surface area contributed by atoms with Crippen LogP contribution in [-0.2, 0) is 26.2 Å². The minimum absolute atomic E-state index is 0.0762. The summed E-state index contributed by atoms with van der Waals surface area (Å²) in [6, 6.07) is 11.1. The van der Waals surface area contributed by atoms with Crippen molar-refractivity contribution in [2.24, 2.45) is 0 Å². The van der Waals surface area contributed by atoms with Gasteiger partial charge in [-0.2, -0.15) is 0 Å². The Bertz CT molecular complexity index is 1230. The first kappa shape index (κ1) is 29.1. The maximum absolute atomic E-state index is 13.8. The molecule has 38 heavy (non-hydrogen) atoms. The number of nitrogens with one attached hydrogen (secondary N) is 1. The lowest BCUT2D eigenvalue weighted by Gasteiger charge is -2.32. The summed E-state index contributed by atoms with van der Waals surface area (Å²) >= 11 is 0. The van der Waals surface area contributed by atoms with Crippen molar-refractivity contribution in [2.75, 3.05) is 38.4 Å². The van der Waals surface area contributed by atoms with E-state index in [1.165, 1.54) is 25.2 Å². The molecule has 0 aromatic heterocycles. The van der Waals surface area contributed by atoms with Gasteiger partial charge in [-0.05, 0) is 49.6 Å². The predicted molar refractivity (Wildman–Crippen MR) is 145 cm³/mol. The SMILES string of the molecule is COc1cccc(CN(C(=O)CN(c2cc(OC)ccc2OC)S(C)(=O)=O)C(C)C(=O)NC2CCCC2)c1. The predicted octanol–water partition coefficient (Wildman–Crippen LogP) is 2.95. The smallest absolute Gasteiger partial charge is 0.244 e. The van der Waals surface area contributed by atoms with Crippen LogP contribution in [0, 0.1) is 0 Å². The van der Waals surface area contributed by atoms with E-state index >= 15 is 0 Å². The lowest BCUT2D eigenvalue weighted by atomic mass is 10.1. The van der Waals surface area contributed by atoms with E-state index in [2.05, 4.69) is 5.32 Å². The fraction of sp³-hybridized carbons (Fsp3) is 0.481. The topological polar surface area (TPSA) is 114 Å². The van der Waals surface area contributed by atoms with Gasteiger partial charge in [-0.15, -0.1) is 0 Å². The van der Waals surface area contributed by atoms with E-state index in [-0.39, 0.29) is 29.9 Å². The van der Waals surface area contributed by atoms with Crippen LogP contribution in [0.1, 0.15) is 38.2 Å². The molecule has 1 N–H and O–H groups in total. The number of benzene rings is 2. The molecule has 3 rings (SSSR count). The number of methoxy groups -OCH3 is 3. The largest absolute Gasteiger partial charge is 0.497 e. The van der Waals surface area contributed by atoms with Crippen LogP contribution < -0.4 is 23.8 Å². The van der Waals surface area contributed by atoms with Crippen molar-refractivity contribution in [3.05, 3.63) is 48.0 Å². The summed E-state index contributed by atoms with van der Waals surface area (Å²) < 4.78 is 42.7. The Balaban J connectivity index is 1.95. The Morgan fingerprint density at radius 3 is 2.26 bits per heavy atom. The number of carbonyl (C=O) groups excluding carboxylic acids is 2. The van der Waals surface area contributed by atoms with Crippen LogP contribution >= 0.6 is 0 Å². The highest BCUT2D eigenvalue weighted by molar-refractivity contribution is 7.92. The molecule has 10 nitrogen and oxygen atoms in total. The second-order valence-electron chi connectivity index (χ2n) is 9.35. The summed E-state index contributed by atoms with van der Waals surface area (Å²) in [4.78, 5) is 28.4. The van der Waals surface area contributed by atoms with Crippen molar-refractivity contribution in [3.63, 3.8) is 0 Å². The number of hydrogen-bond donors (Lipinski definition) is 1. The highest BCUT2D eigenvalue weighted by atomic mass is 32.2. The van der Waals surface area contributed by atoms with E-state index in [0.717, 1.165) is 41.8 Å². The van der Waals surface area contributed by atoms with Crippen LogP contribution in [0.2, 0.25) is 0 Å². The van der Waals surface area contributed by atoms with Gasteiger partial charge >= 0.3 is 0 Å². The van der Waals surface area contributed by atoms with E-state index in [4.69, 9.17) is 14.2 Å². The second-order valence-corrected chi connectivity index (χ2v) is 11.3. The van der Waals surface area contributed by atoms with Crippen LogP contribution in [0.4, 0.5) is 5.69 Å². The minimum Gasteiger partial charge on any atom is -0.497 e. The van der Waals surface area contributed by atoms with Crippen molar-refractivity contribution in [1.29, 1.82) is 0 Å². The Morgan fingerprint density at radius 2 is 1.66 bits per heavy atom. The normalized spacial score (nSPS) is 14.4. The quantitative estimate of drug-likeness (QED) is 0.435. The Morgan fingerprint density at radius 1 is 1.00 bits per heavy atom. The first-order chi connectivity index (χ1) is 18.1. The molecular weight excluding hydrogens is 510 g/mol. The lowest BCUT2D eigenvalue weighted by Crippen LogP contribution is -2.52. The highest BCUT2D eigenvalue weighted by Crippen LogP contribution is 2.34. The third-order valence-electron chi connectivity index (χ3n) is 6.69. The van der Waals surface area contributed by atoms with Crippen molar-refractivity contribution in [1.82, 2.24) is 10.2 Å². The molecule has 0 heterocycles. The fourth-order valence-corrected chi connectivity index (χ4v) is 5.37. The zero-order chi connectivity index (χ0) is 27.9. The van der Waals surface area contributed by atoms with Gasteiger partial charge in [0.1, 0.15) is 29.8 Å². The van der Waals surface area contributed by atoms with E-state index in [9.17, 15) is 18.0 Å². The van der Waals surface area contributed by atoms with Gasteiger partial charge in [-0.25, -0.2) is 8.42 Å². The van der Waals surface area contributed by atoms with Gasteiger partial charge in [0.05, 0.1) is 33.3 Å². The first-order valence-corrected chi connectivity index (χ1v) is 14.3. The summed E-state index contributed by atoms with van der Waals surface area (Å²) in [5.74, 6) is 0.446. The summed E-state index contributed by atoms with van der Waals surface area (Å²) in [6.07, 6.45) is 4.93. The molecule has 0 saturated heterocycles. The van der Waals surface area contributed by atoms with E-state index in [1.807, 2.05) is 6.07 Å². The number of hydrogen-bond acceptors (Lipinski definition) is 7. The average molecular weight is 548 g/mol. The van der Waals surface area contributed by atoms with Gasteiger partial charge in [-0.3, -0.25) is 13.9 Å². The second kappa shape index (κ2) is 12.9. The molecule has 0 radical (unpaired) electrons. The molecule has 1 aliphatic carbocycles. The summed E-state index contributed by atoms with van der Waals surface area (Å²) in [5, 5.41) is 3.04. The third kappa shape index (κ3) is 7.31. The molecule has 1 saturated carbocycles. The summed E-state index contributed by atoms with van der Waals surface area (Å²) in [7, 11) is 0.499. The number of sulfonamides is 1. The van der Waals surface area contributed by atoms with Gasteiger partial charge in [0.2, 0.25) is 21.8 Å². The van der Waals surface area contributed by atoms with E-state index < -0.39 is 28.5 Å². The number of anilines is 1. The Hall–Kier alpha value is -3.47. The standard InChI is InChI=1S/C27H37N3O7S/c1-19(27(32)28-21-10-6-7-11-21)29(17-20-9-8-12-22(15-20)35-2)26(31)18-30(38(5,33)34)24-16-23(36-3)13-14-25(24)37-4/h8-9,12-16,19,21H,6-7,10-11,17-18H2,1-5H3,(H,28,32). The number of rotatable bonds is 12. The van der Waals surface area contributed by atoms with Gasteiger partial charge in [0, 0.05) is 18.7 Å². The molecule has 2 amide bonds. The minimum atomic E-state index is -3.92. The molecule has 0 aliphatic heterocycles. The summed E-state index contributed by atoms with van der Waals surface area (Å²) in [5.41, 5.74) is 0.898.